The first kappa shape index (κ1) is 17.4. The lowest BCUT2D eigenvalue weighted by Gasteiger charge is -2.09. The van der Waals surface area contributed by atoms with Gasteiger partial charge in [-0.2, -0.15) is 0 Å². The maximum absolute atomic E-state index is 13.0. The summed E-state index contributed by atoms with van der Waals surface area (Å²) in [6, 6.07) is 14.3. The summed E-state index contributed by atoms with van der Waals surface area (Å²) in [6.45, 7) is -0.754. The van der Waals surface area contributed by atoms with Crippen LogP contribution in [0.3, 0.4) is 0 Å². The highest BCUT2D eigenvalue weighted by Crippen LogP contribution is 2.64. The first-order valence-corrected chi connectivity index (χ1v) is 9.21. The number of carbonyl (C=O) groups is 1. The Balaban J connectivity index is 2.08. The Kier molecular flexibility index (Phi) is 4.30. The van der Waals surface area contributed by atoms with Crippen LogP contribution in [0.15, 0.2) is 59.5 Å². The lowest BCUT2D eigenvalue weighted by atomic mass is 10.00. The molecule has 7 heteroatoms. The third-order valence-electron chi connectivity index (χ3n) is 4.80. The Morgan fingerprint density at radius 1 is 1.12 bits per heavy atom. The first-order valence-electron chi connectivity index (χ1n) is 7.66. The number of aliphatic carboxylic acids is 1. The number of benzene rings is 2. The summed E-state index contributed by atoms with van der Waals surface area (Å²) in [5, 5.41) is 18.2. The Morgan fingerprint density at radius 2 is 1.72 bits per heavy atom. The van der Waals surface area contributed by atoms with Crippen LogP contribution in [0.4, 0.5) is 0 Å². The molecule has 0 radical (unpaired) electrons. The van der Waals surface area contributed by atoms with E-state index < -0.39 is 39.0 Å². The summed E-state index contributed by atoms with van der Waals surface area (Å²) >= 11 is 0. The van der Waals surface area contributed by atoms with E-state index in [0.717, 1.165) is 0 Å². The van der Waals surface area contributed by atoms with Crippen LogP contribution >= 0.6 is 0 Å². The van der Waals surface area contributed by atoms with Gasteiger partial charge in [0.25, 0.3) is 0 Å². The topological polar surface area (TPSA) is 101 Å². The van der Waals surface area contributed by atoms with Gasteiger partial charge < -0.3 is 14.9 Å². The largest absolute Gasteiger partial charge is 0.497 e. The standard InChI is InChI=1S/C18H18O6S/c1-24-13-9-7-12(8-10-13)15-16(18(15,11-19)17(20)21)25(22,23)14-5-3-2-4-6-14/h2-10,15-16,19H,11H2,1H3,(H,20,21)/t15-,16-,18-/m1/s1. The molecule has 0 amide bonds. The highest BCUT2D eigenvalue weighted by Gasteiger charge is 2.75. The van der Waals surface area contributed by atoms with Crippen LogP contribution in [0.2, 0.25) is 0 Å². The summed E-state index contributed by atoms with van der Waals surface area (Å²) in [4.78, 5) is 11.9. The smallest absolute Gasteiger partial charge is 0.314 e. The fraction of sp³-hybridized carbons (Fsp3) is 0.278. The molecule has 1 fully saturated rings. The van der Waals surface area contributed by atoms with Gasteiger partial charge >= 0.3 is 5.97 Å². The van der Waals surface area contributed by atoms with Crippen LogP contribution in [0.25, 0.3) is 0 Å². The molecule has 3 rings (SSSR count). The molecule has 2 N–H and O–H groups in total. The van der Waals surface area contributed by atoms with Crippen molar-refractivity contribution < 1.29 is 28.2 Å². The van der Waals surface area contributed by atoms with Crippen LogP contribution in [0.5, 0.6) is 5.75 Å². The monoisotopic (exact) mass is 362 g/mol. The molecule has 2 aromatic carbocycles. The van der Waals surface area contributed by atoms with Gasteiger partial charge in [-0.3, -0.25) is 4.79 Å². The molecule has 0 aromatic heterocycles. The Labute approximate surface area is 145 Å². The molecular weight excluding hydrogens is 344 g/mol. The van der Waals surface area contributed by atoms with E-state index in [9.17, 15) is 23.4 Å². The van der Waals surface area contributed by atoms with Crippen LogP contribution in [-0.2, 0) is 14.6 Å². The molecule has 0 unspecified atom stereocenters. The quantitative estimate of drug-likeness (QED) is 0.811. The molecular formula is C18H18O6S. The van der Waals surface area contributed by atoms with Gasteiger partial charge in [-0.15, -0.1) is 0 Å². The van der Waals surface area contributed by atoms with E-state index in [0.29, 0.717) is 11.3 Å². The molecule has 25 heavy (non-hydrogen) atoms. The van der Waals surface area contributed by atoms with Gasteiger partial charge in [0, 0.05) is 5.92 Å². The van der Waals surface area contributed by atoms with Crippen molar-refractivity contribution in [3.8, 4) is 5.75 Å². The van der Waals surface area contributed by atoms with Gasteiger partial charge in [-0.05, 0) is 29.8 Å². The molecule has 132 valence electrons. The average Bonchev–Trinajstić information content (AvgIpc) is 3.34. The van der Waals surface area contributed by atoms with E-state index in [4.69, 9.17) is 4.74 Å². The molecule has 2 aromatic rings. The lowest BCUT2D eigenvalue weighted by molar-refractivity contribution is -0.145. The molecule has 1 aliphatic rings. The number of aliphatic hydroxyl groups is 1. The number of hydrogen-bond donors (Lipinski definition) is 2. The van der Waals surface area contributed by atoms with Crippen molar-refractivity contribution in [2.45, 2.75) is 16.1 Å². The zero-order chi connectivity index (χ0) is 18.2. The summed E-state index contributed by atoms with van der Waals surface area (Å²) in [6.07, 6.45) is 0. The van der Waals surface area contributed by atoms with E-state index in [-0.39, 0.29) is 4.90 Å². The van der Waals surface area contributed by atoms with Crippen molar-refractivity contribution in [2.24, 2.45) is 5.41 Å². The molecule has 0 heterocycles. The average molecular weight is 362 g/mol. The van der Waals surface area contributed by atoms with E-state index >= 15 is 0 Å². The van der Waals surface area contributed by atoms with Crippen LogP contribution in [0, 0.1) is 5.41 Å². The van der Waals surface area contributed by atoms with Crippen LogP contribution < -0.4 is 4.74 Å². The summed E-state index contributed by atoms with van der Waals surface area (Å²) in [7, 11) is -2.41. The maximum atomic E-state index is 13.0. The van der Waals surface area contributed by atoms with Crippen LogP contribution in [-0.4, -0.2) is 43.6 Å². The van der Waals surface area contributed by atoms with Crippen molar-refractivity contribution in [3.63, 3.8) is 0 Å². The molecule has 0 bridgehead atoms. The van der Waals surface area contributed by atoms with E-state index in [2.05, 4.69) is 0 Å². The Bertz CT molecular complexity index is 876. The second-order valence-electron chi connectivity index (χ2n) is 6.03. The van der Waals surface area contributed by atoms with E-state index in [1.807, 2.05) is 0 Å². The van der Waals surface area contributed by atoms with E-state index in [1.54, 1.807) is 42.5 Å². The Hall–Kier alpha value is -2.38. The van der Waals surface area contributed by atoms with E-state index in [1.165, 1.54) is 19.2 Å². The maximum Gasteiger partial charge on any atom is 0.314 e. The molecule has 1 saturated carbocycles. The van der Waals surface area contributed by atoms with Crippen molar-refractivity contribution in [2.75, 3.05) is 13.7 Å². The number of rotatable bonds is 6. The minimum absolute atomic E-state index is 0.0510. The van der Waals surface area contributed by atoms with Gasteiger partial charge in [-0.25, -0.2) is 8.42 Å². The van der Waals surface area contributed by atoms with Crippen molar-refractivity contribution in [1.82, 2.24) is 0 Å². The normalized spacial score (nSPS) is 25.4. The predicted octanol–water partition coefficient (Wildman–Crippen LogP) is 1.70. The number of aliphatic hydroxyl groups excluding tert-OH is 1. The zero-order valence-corrected chi connectivity index (χ0v) is 14.3. The van der Waals surface area contributed by atoms with Gasteiger partial charge in [0.1, 0.15) is 11.2 Å². The highest BCUT2D eigenvalue weighted by atomic mass is 32.2. The van der Waals surface area contributed by atoms with Crippen molar-refractivity contribution in [1.29, 1.82) is 0 Å². The lowest BCUT2D eigenvalue weighted by Crippen LogP contribution is -2.27. The summed E-state index contributed by atoms with van der Waals surface area (Å²) in [5.74, 6) is -1.57. The first-order chi connectivity index (χ1) is 11.9. The SMILES string of the molecule is COc1ccc([C@@H]2[C@@H](S(=O)(=O)c3ccccc3)[C@]2(CO)C(=O)O)cc1. The zero-order valence-electron chi connectivity index (χ0n) is 13.5. The van der Waals surface area contributed by atoms with Crippen molar-refractivity contribution >= 4 is 15.8 Å². The van der Waals surface area contributed by atoms with Gasteiger partial charge in [-0.1, -0.05) is 30.3 Å². The minimum atomic E-state index is -3.92. The predicted molar refractivity (Wildman–Crippen MR) is 90.3 cm³/mol. The number of carboxylic acid groups (broad SMARTS) is 1. The number of carboxylic acids is 1. The fourth-order valence-corrected chi connectivity index (χ4v) is 5.80. The number of hydrogen-bond acceptors (Lipinski definition) is 5. The van der Waals surface area contributed by atoms with Gasteiger partial charge in [0.05, 0.1) is 23.9 Å². The molecule has 0 aliphatic heterocycles. The molecule has 3 atom stereocenters. The van der Waals surface area contributed by atoms with Crippen LogP contribution in [0.1, 0.15) is 11.5 Å². The molecule has 6 nitrogen and oxygen atoms in total. The molecule has 1 aliphatic carbocycles. The Morgan fingerprint density at radius 3 is 2.20 bits per heavy atom. The fourth-order valence-electron chi connectivity index (χ4n) is 3.41. The second kappa shape index (κ2) is 6.16. The third-order valence-corrected chi connectivity index (χ3v) is 7.09. The third kappa shape index (κ3) is 2.60. The summed E-state index contributed by atoms with van der Waals surface area (Å²) in [5.41, 5.74) is -1.20. The highest BCUT2D eigenvalue weighted by molar-refractivity contribution is 7.92. The summed E-state index contributed by atoms with van der Waals surface area (Å²) < 4.78 is 31.0. The molecule has 0 spiro atoms. The van der Waals surface area contributed by atoms with Gasteiger partial charge in [0.15, 0.2) is 9.84 Å². The molecule has 0 saturated heterocycles. The second-order valence-corrected chi connectivity index (χ2v) is 8.10. The van der Waals surface area contributed by atoms with Crippen molar-refractivity contribution in [3.05, 3.63) is 60.2 Å². The number of methoxy groups -OCH3 is 1. The number of ether oxygens (including phenoxy) is 1. The van der Waals surface area contributed by atoms with Gasteiger partial charge in [0.2, 0.25) is 0 Å². The minimum Gasteiger partial charge on any atom is -0.497 e. The number of sulfone groups is 1.